The summed E-state index contributed by atoms with van der Waals surface area (Å²) < 4.78 is 5.48. The molecule has 0 atom stereocenters. The minimum atomic E-state index is -0.329. The average Bonchev–Trinajstić information content (AvgIpc) is 2.78. The molecule has 0 aliphatic carbocycles. The highest BCUT2D eigenvalue weighted by molar-refractivity contribution is 6.30. The highest BCUT2D eigenvalue weighted by atomic mass is 35.5. The van der Waals surface area contributed by atoms with E-state index in [1.54, 1.807) is 48.5 Å². The lowest BCUT2D eigenvalue weighted by Gasteiger charge is -2.08. The van der Waals surface area contributed by atoms with E-state index in [-0.39, 0.29) is 18.4 Å². The van der Waals surface area contributed by atoms with E-state index in [9.17, 15) is 9.59 Å². The molecule has 2 N–H and O–H groups in total. The summed E-state index contributed by atoms with van der Waals surface area (Å²) in [4.78, 5) is 23.9. The predicted molar refractivity (Wildman–Crippen MR) is 117 cm³/mol. The van der Waals surface area contributed by atoms with Crippen molar-refractivity contribution < 1.29 is 14.3 Å². The molecule has 0 radical (unpaired) electrons. The van der Waals surface area contributed by atoms with Gasteiger partial charge in [0, 0.05) is 17.1 Å². The van der Waals surface area contributed by atoms with Crippen molar-refractivity contribution in [2.24, 2.45) is 5.10 Å². The van der Waals surface area contributed by atoms with Gasteiger partial charge >= 0.3 is 0 Å². The summed E-state index contributed by atoms with van der Waals surface area (Å²) in [6.45, 7) is 0.387. The maximum atomic E-state index is 12.0. The molecule has 7 heteroatoms. The van der Waals surface area contributed by atoms with Gasteiger partial charge in [-0.05, 0) is 59.7 Å². The van der Waals surface area contributed by atoms with Gasteiger partial charge in [0.2, 0.25) is 0 Å². The lowest BCUT2D eigenvalue weighted by molar-refractivity contribution is -0.123. The Labute approximate surface area is 179 Å². The Morgan fingerprint density at radius 3 is 2.33 bits per heavy atom. The lowest BCUT2D eigenvalue weighted by atomic mass is 10.2. The summed E-state index contributed by atoms with van der Waals surface area (Å²) in [6, 6.07) is 23.2. The van der Waals surface area contributed by atoms with Crippen LogP contribution in [0.3, 0.4) is 0 Å². The largest absolute Gasteiger partial charge is 0.484 e. The van der Waals surface area contributed by atoms with Crippen LogP contribution < -0.4 is 15.5 Å². The van der Waals surface area contributed by atoms with E-state index in [0.717, 1.165) is 11.1 Å². The van der Waals surface area contributed by atoms with Crippen LogP contribution in [0.4, 0.5) is 0 Å². The highest BCUT2D eigenvalue weighted by Gasteiger charge is 2.04. The van der Waals surface area contributed by atoms with E-state index < -0.39 is 0 Å². The van der Waals surface area contributed by atoms with Gasteiger partial charge in [-0.1, -0.05) is 41.9 Å². The summed E-state index contributed by atoms with van der Waals surface area (Å²) in [6.07, 6.45) is 1.52. The second-order valence-electron chi connectivity index (χ2n) is 6.33. The summed E-state index contributed by atoms with van der Waals surface area (Å²) in [5.74, 6) is 0.0333. The molecule has 30 heavy (non-hydrogen) atoms. The molecule has 0 saturated carbocycles. The summed E-state index contributed by atoms with van der Waals surface area (Å²) in [5, 5.41) is 7.30. The Kier molecular flexibility index (Phi) is 7.58. The first-order valence-electron chi connectivity index (χ1n) is 9.22. The number of carbonyl (C=O) groups is 2. The Bertz CT molecular complexity index is 1000. The molecule has 0 fully saturated rings. The third-order valence-corrected chi connectivity index (χ3v) is 4.32. The molecule has 3 aromatic rings. The molecule has 0 heterocycles. The number of ether oxygens (including phenoxy) is 1. The number of nitrogens with one attached hydrogen (secondary N) is 2. The molecule has 0 aliphatic rings. The van der Waals surface area contributed by atoms with Crippen LogP contribution >= 0.6 is 11.6 Å². The molecule has 0 saturated heterocycles. The first kappa shape index (κ1) is 21.1. The number of nitrogens with zero attached hydrogens (tertiary/aromatic N) is 1. The van der Waals surface area contributed by atoms with Gasteiger partial charge in [-0.3, -0.25) is 9.59 Å². The SMILES string of the molecule is O=C(COc1ccc(/C=N/NC(=O)c2ccc(Cl)cc2)cc1)NCc1ccccc1. The van der Waals surface area contributed by atoms with E-state index in [2.05, 4.69) is 15.8 Å². The smallest absolute Gasteiger partial charge is 0.271 e. The van der Waals surface area contributed by atoms with Crippen molar-refractivity contribution >= 4 is 29.6 Å². The molecule has 3 aromatic carbocycles. The topological polar surface area (TPSA) is 79.8 Å². The molecule has 0 aliphatic heterocycles. The molecule has 152 valence electrons. The number of amides is 2. The number of hydrazone groups is 1. The Morgan fingerprint density at radius 2 is 1.63 bits per heavy atom. The van der Waals surface area contributed by atoms with Crippen molar-refractivity contribution in [3.8, 4) is 5.75 Å². The fraction of sp³-hybridized carbons (Fsp3) is 0.0870. The number of carbonyl (C=O) groups excluding carboxylic acids is 2. The Hall–Kier alpha value is -3.64. The minimum absolute atomic E-state index is 0.0720. The van der Waals surface area contributed by atoms with Gasteiger partial charge in [-0.25, -0.2) is 5.43 Å². The van der Waals surface area contributed by atoms with Gasteiger partial charge in [-0.2, -0.15) is 5.10 Å². The molecule has 2 amide bonds. The maximum absolute atomic E-state index is 12.0. The molecule has 0 aromatic heterocycles. The Balaban J connectivity index is 1.41. The number of benzene rings is 3. The standard InChI is InChI=1S/C23H20ClN3O3/c24-20-10-8-19(9-11-20)23(29)27-26-15-18-6-12-21(13-7-18)30-16-22(28)25-14-17-4-2-1-3-5-17/h1-13,15H,14,16H2,(H,25,28)(H,27,29)/b26-15+. The quantitative estimate of drug-likeness (QED) is 0.429. The zero-order valence-electron chi connectivity index (χ0n) is 16.0. The molecule has 0 bridgehead atoms. The van der Waals surface area contributed by atoms with Crippen LogP contribution in [0.15, 0.2) is 84.0 Å². The van der Waals surface area contributed by atoms with E-state index in [1.165, 1.54) is 6.21 Å². The van der Waals surface area contributed by atoms with Crippen molar-refractivity contribution in [2.45, 2.75) is 6.54 Å². The van der Waals surface area contributed by atoms with Gasteiger partial charge in [0.1, 0.15) is 5.75 Å². The summed E-state index contributed by atoms with van der Waals surface area (Å²) in [5.41, 5.74) is 4.71. The molecule has 6 nitrogen and oxygen atoms in total. The molecule has 0 unspecified atom stereocenters. The third kappa shape index (κ3) is 6.76. The maximum Gasteiger partial charge on any atom is 0.271 e. The molecular weight excluding hydrogens is 402 g/mol. The highest BCUT2D eigenvalue weighted by Crippen LogP contribution is 2.11. The minimum Gasteiger partial charge on any atom is -0.484 e. The molecule has 3 rings (SSSR count). The first-order valence-corrected chi connectivity index (χ1v) is 9.60. The van der Waals surface area contributed by atoms with Crippen LogP contribution in [0.2, 0.25) is 5.02 Å². The van der Waals surface area contributed by atoms with Crippen LogP contribution in [-0.4, -0.2) is 24.6 Å². The van der Waals surface area contributed by atoms with Crippen LogP contribution in [-0.2, 0) is 11.3 Å². The summed E-state index contributed by atoms with van der Waals surface area (Å²) >= 11 is 5.80. The fourth-order valence-electron chi connectivity index (χ4n) is 2.48. The normalized spacial score (nSPS) is 10.6. The van der Waals surface area contributed by atoms with Crippen LogP contribution in [0.1, 0.15) is 21.5 Å². The zero-order chi connectivity index (χ0) is 21.2. The van der Waals surface area contributed by atoms with Crippen LogP contribution in [0.5, 0.6) is 5.75 Å². The van der Waals surface area contributed by atoms with E-state index in [1.807, 2.05) is 30.3 Å². The Morgan fingerprint density at radius 1 is 0.933 bits per heavy atom. The van der Waals surface area contributed by atoms with Gasteiger partial charge in [-0.15, -0.1) is 0 Å². The predicted octanol–water partition coefficient (Wildman–Crippen LogP) is 3.80. The number of halogens is 1. The summed E-state index contributed by atoms with van der Waals surface area (Å²) in [7, 11) is 0. The van der Waals surface area contributed by atoms with E-state index in [4.69, 9.17) is 16.3 Å². The van der Waals surface area contributed by atoms with E-state index in [0.29, 0.717) is 22.9 Å². The van der Waals surface area contributed by atoms with Crippen molar-refractivity contribution in [3.05, 3.63) is 101 Å². The molecule has 0 spiro atoms. The lowest BCUT2D eigenvalue weighted by Crippen LogP contribution is -2.28. The van der Waals surface area contributed by atoms with Gasteiger partial charge in [0.15, 0.2) is 6.61 Å². The second kappa shape index (κ2) is 10.8. The fourth-order valence-corrected chi connectivity index (χ4v) is 2.60. The zero-order valence-corrected chi connectivity index (χ0v) is 16.8. The van der Waals surface area contributed by atoms with Crippen molar-refractivity contribution in [2.75, 3.05) is 6.61 Å². The molecular formula is C23H20ClN3O3. The average molecular weight is 422 g/mol. The number of hydrogen-bond acceptors (Lipinski definition) is 4. The van der Waals surface area contributed by atoms with Gasteiger partial charge in [0.25, 0.3) is 11.8 Å². The van der Waals surface area contributed by atoms with Crippen molar-refractivity contribution in [1.82, 2.24) is 10.7 Å². The number of rotatable bonds is 8. The van der Waals surface area contributed by atoms with E-state index >= 15 is 0 Å². The third-order valence-electron chi connectivity index (χ3n) is 4.07. The van der Waals surface area contributed by atoms with Crippen LogP contribution in [0.25, 0.3) is 0 Å². The van der Waals surface area contributed by atoms with Crippen LogP contribution in [0, 0.1) is 0 Å². The van der Waals surface area contributed by atoms with Gasteiger partial charge < -0.3 is 10.1 Å². The first-order chi connectivity index (χ1) is 14.6. The number of hydrogen-bond donors (Lipinski definition) is 2. The second-order valence-corrected chi connectivity index (χ2v) is 6.76. The van der Waals surface area contributed by atoms with Crippen molar-refractivity contribution in [1.29, 1.82) is 0 Å². The monoisotopic (exact) mass is 421 g/mol. The van der Waals surface area contributed by atoms with Crippen molar-refractivity contribution in [3.63, 3.8) is 0 Å². The van der Waals surface area contributed by atoms with Gasteiger partial charge in [0.05, 0.1) is 6.21 Å².